The number of fused-ring (bicyclic) bond motifs is 1. The van der Waals surface area contributed by atoms with Gasteiger partial charge in [-0.15, -0.1) is 0 Å². The van der Waals surface area contributed by atoms with Crippen LogP contribution in [0.15, 0.2) is 23.2 Å². The molecule has 0 aliphatic carbocycles. The van der Waals surface area contributed by atoms with E-state index in [1.54, 1.807) is 0 Å². The maximum atomic E-state index is 6.25. The predicted octanol–water partition coefficient (Wildman–Crippen LogP) is 3.07. The Kier molecular flexibility index (Phi) is 4.66. The van der Waals surface area contributed by atoms with E-state index >= 15 is 0 Å². The Hall–Kier alpha value is -1.26. The summed E-state index contributed by atoms with van der Waals surface area (Å²) in [4.78, 5) is 7.15. The van der Waals surface area contributed by atoms with E-state index in [0.717, 1.165) is 35.3 Å². The van der Waals surface area contributed by atoms with Gasteiger partial charge >= 0.3 is 0 Å². The molecule has 1 aromatic carbocycles. The summed E-state index contributed by atoms with van der Waals surface area (Å²) in [5.74, 6) is 0.856. The quantitative estimate of drug-likeness (QED) is 0.901. The zero-order chi connectivity index (χ0) is 14.7. The maximum absolute atomic E-state index is 6.25. The normalized spacial score (nSPS) is 22.2. The number of rotatable bonds is 3. The van der Waals surface area contributed by atoms with Crippen molar-refractivity contribution in [3.05, 3.63) is 28.8 Å². The fourth-order valence-corrected chi connectivity index (χ4v) is 3.42. The van der Waals surface area contributed by atoms with E-state index in [1.807, 2.05) is 18.2 Å². The van der Waals surface area contributed by atoms with E-state index in [1.165, 1.54) is 32.4 Å². The van der Waals surface area contributed by atoms with E-state index in [9.17, 15) is 0 Å². The van der Waals surface area contributed by atoms with Crippen LogP contribution in [0.2, 0.25) is 5.02 Å². The topological polar surface area (TPSA) is 39.7 Å². The van der Waals surface area contributed by atoms with Gasteiger partial charge in [-0.1, -0.05) is 24.1 Å². The summed E-state index contributed by atoms with van der Waals surface area (Å²) in [6, 6.07) is 6.07. The highest BCUT2D eigenvalue weighted by molar-refractivity contribution is 6.31. The average molecular weight is 307 g/mol. The minimum Gasteiger partial charge on any atom is -0.355 e. The van der Waals surface area contributed by atoms with Crippen LogP contribution in [0.3, 0.4) is 0 Å². The highest BCUT2D eigenvalue weighted by Gasteiger charge is 2.20. The summed E-state index contributed by atoms with van der Waals surface area (Å²) in [5.41, 5.74) is 2.05. The first kappa shape index (κ1) is 14.7. The van der Waals surface area contributed by atoms with Crippen molar-refractivity contribution in [1.29, 1.82) is 0 Å². The van der Waals surface area contributed by atoms with Crippen LogP contribution in [-0.2, 0) is 0 Å². The highest BCUT2D eigenvalue weighted by atomic mass is 35.5. The number of hydrogen-bond acceptors (Lipinski definition) is 4. The number of nitrogens with zero attached hydrogens (tertiary/aromatic N) is 2. The van der Waals surface area contributed by atoms with Crippen LogP contribution >= 0.6 is 11.6 Å². The number of hydrogen-bond donors (Lipinski definition) is 2. The van der Waals surface area contributed by atoms with Crippen molar-refractivity contribution in [3.63, 3.8) is 0 Å². The molecule has 0 aromatic heterocycles. The number of piperidine rings is 1. The number of halogens is 1. The second-order valence-corrected chi connectivity index (χ2v) is 6.24. The third-order valence-electron chi connectivity index (χ3n) is 4.22. The molecule has 4 nitrogen and oxygen atoms in total. The van der Waals surface area contributed by atoms with Crippen molar-refractivity contribution in [2.45, 2.75) is 32.2 Å². The molecule has 2 N–H and O–H groups in total. The largest absolute Gasteiger partial charge is 0.355 e. The van der Waals surface area contributed by atoms with Crippen LogP contribution in [0.25, 0.3) is 0 Å². The Morgan fingerprint density at radius 3 is 2.95 bits per heavy atom. The van der Waals surface area contributed by atoms with Crippen LogP contribution in [-0.4, -0.2) is 37.0 Å². The highest BCUT2D eigenvalue weighted by Crippen LogP contribution is 2.34. The van der Waals surface area contributed by atoms with E-state index in [2.05, 4.69) is 27.4 Å². The van der Waals surface area contributed by atoms with E-state index < -0.39 is 0 Å². The fourth-order valence-electron chi connectivity index (χ4n) is 3.09. The molecule has 114 valence electrons. The van der Waals surface area contributed by atoms with Gasteiger partial charge in [-0.2, -0.15) is 0 Å². The van der Waals surface area contributed by atoms with Gasteiger partial charge in [0.15, 0.2) is 5.96 Å². The summed E-state index contributed by atoms with van der Waals surface area (Å²) < 4.78 is 0. The SMILES string of the molecule is CC1NC(NCCN2CCCCC2)=Nc2cccc(Cl)c21. The number of nitrogens with one attached hydrogen (secondary N) is 2. The van der Waals surface area contributed by atoms with Crippen molar-refractivity contribution in [2.24, 2.45) is 4.99 Å². The second kappa shape index (κ2) is 6.67. The van der Waals surface area contributed by atoms with Crippen LogP contribution in [0.4, 0.5) is 5.69 Å². The fraction of sp³-hybridized carbons (Fsp3) is 0.562. The van der Waals surface area contributed by atoms with Gasteiger partial charge in [0.2, 0.25) is 0 Å². The zero-order valence-electron chi connectivity index (χ0n) is 12.5. The summed E-state index contributed by atoms with van der Waals surface area (Å²) in [7, 11) is 0. The monoisotopic (exact) mass is 306 g/mol. The van der Waals surface area contributed by atoms with Gasteiger partial charge in [-0.05, 0) is 45.0 Å². The molecule has 1 atom stereocenters. The van der Waals surface area contributed by atoms with Gasteiger partial charge < -0.3 is 15.5 Å². The predicted molar refractivity (Wildman–Crippen MR) is 88.4 cm³/mol. The first-order chi connectivity index (χ1) is 10.2. The lowest BCUT2D eigenvalue weighted by molar-refractivity contribution is 0.232. The van der Waals surface area contributed by atoms with E-state index in [-0.39, 0.29) is 6.04 Å². The van der Waals surface area contributed by atoms with Crippen LogP contribution < -0.4 is 10.6 Å². The molecule has 3 rings (SSSR count). The Bertz CT molecular complexity index is 523. The van der Waals surface area contributed by atoms with Gasteiger partial charge in [0.25, 0.3) is 0 Å². The van der Waals surface area contributed by atoms with Gasteiger partial charge in [0.05, 0.1) is 11.7 Å². The second-order valence-electron chi connectivity index (χ2n) is 5.83. The molecule has 1 unspecified atom stereocenters. The molecule has 0 saturated carbocycles. The van der Waals surface area contributed by atoms with Crippen molar-refractivity contribution < 1.29 is 0 Å². The minimum atomic E-state index is 0.184. The molecule has 0 amide bonds. The third-order valence-corrected chi connectivity index (χ3v) is 4.55. The number of benzene rings is 1. The van der Waals surface area contributed by atoms with Crippen molar-refractivity contribution in [2.75, 3.05) is 26.2 Å². The maximum Gasteiger partial charge on any atom is 0.197 e. The first-order valence-corrected chi connectivity index (χ1v) is 8.22. The summed E-state index contributed by atoms with van der Waals surface area (Å²) in [5, 5.41) is 7.58. The van der Waals surface area contributed by atoms with Crippen LogP contribution in [0.5, 0.6) is 0 Å². The number of aliphatic imine (C=N–C) groups is 1. The standard InChI is InChI=1S/C16H23ClN4/c1-12-15-13(17)6-5-7-14(15)20-16(19-12)18-8-11-21-9-3-2-4-10-21/h5-7,12H,2-4,8-11H2,1H3,(H2,18,19,20). The number of guanidine groups is 1. The van der Waals surface area contributed by atoms with Gasteiger partial charge in [0, 0.05) is 23.7 Å². The summed E-state index contributed by atoms with van der Waals surface area (Å²) in [6.45, 7) is 6.59. The molecule has 2 aliphatic heterocycles. The van der Waals surface area contributed by atoms with E-state index in [4.69, 9.17) is 11.6 Å². The Balaban J connectivity index is 1.59. The lowest BCUT2D eigenvalue weighted by Crippen LogP contribution is -2.44. The van der Waals surface area contributed by atoms with Gasteiger partial charge in [-0.25, -0.2) is 4.99 Å². The molecule has 1 aromatic rings. The molecular weight excluding hydrogens is 284 g/mol. The molecule has 0 spiro atoms. The van der Waals surface area contributed by atoms with Crippen molar-refractivity contribution >= 4 is 23.2 Å². The van der Waals surface area contributed by atoms with E-state index in [0.29, 0.717) is 0 Å². The Morgan fingerprint density at radius 2 is 2.14 bits per heavy atom. The summed E-state index contributed by atoms with van der Waals surface area (Å²) in [6.07, 6.45) is 4.05. The van der Waals surface area contributed by atoms with Crippen molar-refractivity contribution in [3.8, 4) is 0 Å². The molecule has 1 fully saturated rings. The lowest BCUT2D eigenvalue weighted by atomic mass is 10.1. The zero-order valence-corrected chi connectivity index (χ0v) is 13.3. The van der Waals surface area contributed by atoms with Gasteiger partial charge in [-0.3, -0.25) is 0 Å². The van der Waals surface area contributed by atoms with Crippen LogP contribution in [0.1, 0.15) is 37.8 Å². The Morgan fingerprint density at radius 1 is 1.33 bits per heavy atom. The molecule has 21 heavy (non-hydrogen) atoms. The lowest BCUT2D eigenvalue weighted by Gasteiger charge is -2.28. The van der Waals surface area contributed by atoms with Crippen molar-refractivity contribution in [1.82, 2.24) is 15.5 Å². The average Bonchev–Trinajstić information content (AvgIpc) is 2.48. The molecule has 2 heterocycles. The molecule has 2 aliphatic rings. The summed E-state index contributed by atoms with van der Waals surface area (Å²) >= 11 is 6.25. The molecular formula is C16H23ClN4. The Labute approximate surface area is 131 Å². The van der Waals surface area contributed by atoms with Crippen LogP contribution in [0, 0.1) is 0 Å². The molecule has 0 bridgehead atoms. The minimum absolute atomic E-state index is 0.184. The molecule has 1 saturated heterocycles. The number of likely N-dealkylation sites (tertiary alicyclic amines) is 1. The smallest absolute Gasteiger partial charge is 0.197 e. The molecule has 5 heteroatoms. The third kappa shape index (κ3) is 3.50. The molecule has 0 radical (unpaired) electrons. The van der Waals surface area contributed by atoms with Gasteiger partial charge in [0.1, 0.15) is 0 Å². The first-order valence-electron chi connectivity index (χ1n) is 7.84.